The Hall–Kier alpha value is -1.22. The van der Waals surface area contributed by atoms with Gasteiger partial charge in [-0.15, -0.1) is 0 Å². The fraction of sp³-hybridized carbons (Fsp3) is 0.739. The summed E-state index contributed by atoms with van der Waals surface area (Å²) >= 11 is 0. The van der Waals surface area contributed by atoms with Crippen molar-refractivity contribution in [2.45, 2.75) is 82.6 Å². The number of hydrogen-bond donors (Lipinski definition) is 1. The van der Waals surface area contributed by atoms with Crippen molar-refractivity contribution in [1.82, 2.24) is 0 Å². The van der Waals surface area contributed by atoms with Gasteiger partial charge in [0.05, 0.1) is 13.2 Å². The molecule has 3 heteroatoms. The Balaban J connectivity index is 1.39. The molecule has 2 unspecified atom stereocenters. The van der Waals surface area contributed by atoms with Gasteiger partial charge in [0.25, 0.3) is 0 Å². The molecule has 0 saturated heterocycles. The summed E-state index contributed by atoms with van der Waals surface area (Å²) in [5.74, 6) is 3.91. The third-order valence-corrected chi connectivity index (χ3v) is 6.63. The molecule has 1 aromatic rings. The van der Waals surface area contributed by atoms with Gasteiger partial charge in [-0.25, -0.2) is 0 Å². The molecule has 3 aliphatic carbocycles. The number of benzene rings is 1. The molecule has 2 atom stereocenters. The van der Waals surface area contributed by atoms with Crippen LogP contribution in [0.5, 0.6) is 11.5 Å². The lowest BCUT2D eigenvalue weighted by Gasteiger charge is -2.24. The monoisotopic (exact) mass is 357 g/mol. The molecule has 144 valence electrons. The normalized spacial score (nSPS) is 27.3. The zero-order valence-corrected chi connectivity index (χ0v) is 16.1. The first kappa shape index (κ1) is 18.2. The number of nitrogens with two attached hydrogens (primary N) is 1. The summed E-state index contributed by atoms with van der Waals surface area (Å²) in [4.78, 5) is 0. The summed E-state index contributed by atoms with van der Waals surface area (Å²) in [6, 6.07) is 6.76. The summed E-state index contributed by atoms with van der Waals surface area (Å²) in [7, 11) is 0. The Kier molecular flexibility index (Phi) is 6.04. The highest BCUT2D eigenvalue weighted by Gasteiger charge is 2.37. The Morgan fingerprint density at radius 3 is 1.96 bits per heavy atom. The van der Waals surface area contributed by atoms with E-state index in [1.54, 1.807) is 0 Å². The van der Waals surface area contributed by atoms with E-state index in [1.165, 1.54) is 69.8 Å². The van der Waals surface area contributed by atoms with Crippen LogP contribution in [-0.2, 0) is 0 Å². The molecule has 0 heterocycles. The minimum Gasteiger partial charge on any atom is -0.493 e. The zero-order chi connectivity index (χ0) is 17.8. The Bertz CT molecular complexity index is 576. The van der Waals surface area contributed by atoms with Crippen molar-refractivity contribution in [3.05, 3.63) is 23.8 Å². The molecule has 0 radical (unpaired) electrons. The molecule has 3 nitrogen and oxygen atoms in total. The Morgan fingerprint density at radius 2 is 1.38 bits per heavy atom. The molecule has 0 amide bonds. The molecule has 0 spiro atoms. The van der Waals surface area contributed by atoms with Crippen LogP contribution in [0.25, 0.3) is 0 Å². The average Bonchev–Trinajstić information content (AvgIpc) is 3.43. The third kappa shape index (κ3) is 4.73. The second-order valence-corrected chi connectivity index (χ2v) is 8.84. The Labute approximate surface area is 158 Å². The van der Waals surface area contributed by atoms with E-state index in [4.69, 9.17) is 15.2 Å². The van der Waals surface area contributed by atoms with Crippen LogP contribution in [0.3, 0.4) is 0 Å². The molecule has 1 aromatic carbocycles. The van der Waals surface area contributed by atoms with Gasteiger partial charge in [0, 0.05) is 18.0 Å². The first-order valence-corrected chi connectivity index (χ1v) is 10.9. The standard InChI is InChI=1S/C23H35NO2/c24-22-14-21(22)20-12-11-19(25-15-17-7-3-1-4-8-17)13-23(20)26-16-18-9-5-2-6-10-18/h11-13,17-18,21-22H,1-10,14-16,24H2. The topological polar surface area (TPSA) is 44.5 Å². The van der Waals surface area contributed by atoms with E-state index in [0.29, 0.717) is 12.0 Å². The molecular weight excluding hydrogens is 322 g/mol. The number of ether oxygens (including phenoxy) is 2. The van der Waals surface area contributed by atoms with E-state index >= 15 is 0 Å². The molecular formula is C23H35NO2. The van der Waals surface area contributed by atoms with E-state index in [0.717, 1.165) is 43.0 Å². The van der Waals surface area contributed by atoms with Crippen LogP contribution in [-0.4, -0.2) is 19.3 Å². The van der Waals surface area contributed by atoms with Crippen molar-refractivity contribution in [1.29, 1.82) is 0 Å². The summed E-state index contributed by atoms with van der Waals surface area (Å²) in [6.45, 7) is 1.70. The predicted octanol–water partition coefficient (Wildman–Crippen LogP) is 5.42. The molecule has 0 bridgehead atoms. The third-order valence-electron chi connectivity index (χ3n) is 6.63. The number of rotatable bonds is 7. The van der Waals surface area contributed by atoms with Crippen molar-refractivity contribution < 1.29 is 9.47 Å². The van der Waals surface area contributed by atoms with Crippen molar-refractivity contribution in [3.8, 4) is 11.5 Å². The first-order chi connectivity index (χ1) is 12.8. The SMILES string of the molecule is NC1CC1c1ccc(OCC2CCCCC2)cc1OCC1CCCCC1. The fourth-order valence-corrected chi connectivity index (χ4v) is 4.74. The van der Waals surface area contributed by atoms with Crippen molar-refractivity contribution in [2.24, 2.45) is 17.6 Å². The van der Waals surface area contributed by atoms with Crippen LogP contribution in [0.15, 0.2) is 18.2 Å². The van der Waals surface area contributed by atoms with Gasteiger partial charge in [0.2, 0.25) is 0 Å². The molecule has 4 rings (SSSR count). The summed E-state index contributed by atoms with van der Waals surface area (Å²) in [6.07, 6.45) is 14.6. The van der Waals surface area contributed by atoms with Gasteiger partial charge in [-0.3, -0.25) is 0 Å². The molecule has 0 aliphatic heterocycles. The molecule has 3 saturated carbocycles. The van der Waals surface area contributed by atoms with E-state index in [2.05, 4.69) is 18.2 Å². The lowest BCUT2D eigenvalue weighted by Crippen LogP contribution is -2.17. The van der Waals surface area contributed by atoms with Crippen molar-refractivity contribution in [2.75, 3.05) is 13.2 Å². The van der Waals surface area contributed by atoms with Gasteiger partial charge in [0.15, 0.2) is 0 Å². The van der Waals surface area contributed by atoms with Crippen LogP contribution < -0.4 is 15.2 Å². The van der Waals surface area contributed by atoms with Crippen LogP contribution in [0, 0.1) is 11.8 Å². The van der Waals surface area contributed by atoms with Gasteiger partial charge in [0.1, 0.15) is 11.5 Å². The van der Waals surface area contributed by atoms with Gasteiger partial charge in [-0.1, -0.05) is 44.6 Å². The van der Waals surface area contributed by atoms with Gasteiger partial charge in [-0.2, -0.15) is 0 Å². The van der Waals surface area contributed by atoms with Crippen LogP contribution in [0.1, 0.15) is 82.1 Å². The number of hydrogen-bond acceptors (Lipinski definition) is 3. The van der Waals surface area contributed by atoms with Crippen LogP contribution >= 0.6 is 0 Å². The minimum absolute atomic E-state index is 0.307. The minimum atomic E-state index is 0.307. The second-order valence-electron chi connectivity index (χ2n) is 8.84. The smallest absolute Gasteiger partial charge is 0.126 e. The predicted molar refractivity (Wildman–Crippen MR) is 106 cm³/mol. The summed E-state index contributed by atoms with van der Waals surface area (Å²) < 4.78 is 12.5. The average molecular weight is 358 g/mol. The zero-order valence-electron chi connectivity index (χ0n) is 16.1. The highest BCUT2D eigenvalue weighted by Crippen LogP contribution is 2.44. The quantitative estimate of drug-likeness (QED) is 0.708. The summed E-state index contributed by atoms with van der Waals surface area (Å²) in [5.41, 5.74) is 7.40. The molecule has 3 fully saturated rings. The maximum absolute atomic E-state index is 6.32. The highest BCUT2D eigenvalue weighted by atomic mass is 16.5. The maximum atomic E-state index is 6.32. The van der Waals surface area contributed by atoms with Gasteiger partial charge in [-0.05, 0) is 55.6 Å². The van der Waals surface area contributed by atoms with Crippen LogP contribution in [0.2, 0.25) is 0 Å². The fourth-order valence-electron chi connectivity index (χ4n) is 4.74. The van der Waals surface area contributed by atoms with E-state index in [1.807, 2.05) is 0 Å². The largest absolute Gasteiger partial charge is 0.493 e. The second kappa shape index (κ2) is 8.65. The lowest BCUT2D eigenvalue weighted by atomic mass is 9.90. The molecule has 0 aromatic heterocycles. The Morgan fingerprint density at radius 1 is 0.808 bits per heavy atom. The van der Waals surface area contributed by atoms with E-state index in [9.17, 15) is 0 Å². The molecule has 3 aliphatic rings. The van der Waals surface area contributed by atoms with Gasteiger partial charge < -0.3 is 15.2 Å². The lowest BCUT2D eigenvalue weighted by molar-refractivity contribution is 0.199. The van der Waals surface area contributed by atoms with E-state index < -0.39 is 0 Å². The van der Waals surface area contributed by atoms with Crippen molar-refractivity contribution in [3.63, 3.8) is 0 Å². The van der Waals surface area contributed by atoms with Crippen molar-refractivity contribution >= 4 is 0 Å². The maximum Gasteiger partial charge on any atom is 0.126 e. The van der Waals surface area contributed by atoms with Crippen LogP contribution in [0.4, 0.5) is 0 Å². The van der Waals surface area contributed by atoms with E-state index in [-0.39, 0.29) is 0 Å². The molecule has 2 N–H and O–H groups in total. The highest BCUT2D eigenvalue weighted by molar-refractivity contribution is 5.45. The summed E-state index contributed by atoms with van der Waals surface area (Å²) in [5, 5.41) is 0. The van der Waals surface area contributed by atoms with Gasteiger partial charge >= 0.3 is 0 Å². The first-order valence-electron chi connectivity index (χ1n) is 10.9. The molecule has 26 heavy (non-hydrogen) atoms.